The van der Waals surface area contributed by atoms with E-state index in [9.17, 15) is 14.4 Å². The molecule has 1 saturated heterocycles. The predicted molar refractivity (Wildman–Crippen MR) is 166 cm³/mol. The summed E-state index contributed by atoms with van der Waals surface area (Å²) in [6, 6.07) is 14.4. The summed E-state index contributed by atoms with van der Waals surface area (Å²) in [4.78, 5) is 29.8. The fourth-order valence-corrected chi connectivity index (χ4v) is 6.39. The van der Waals surface area contributed by atoms with Gasteiger partial charge in [-0.15, -0.1) is 0 Å². The molecule has 44 heavy (non-hydrogen) atoms. The van der Waals surface area contributed by atoms with E-state index in [1.54, 1.807) is 6.20 Å². The second-order valence-electron chi connectivity index (χ2n) is 11.3. The van der Waals surface area contributed by atoms with Gasteiger partial charge in [0.1, 0.15) is 11.9 Å². The molecule has 3 aliphatic heterocycles. The Bertz CT molecular complexity index is 1690. The van der Waals surface area contributed by atoms with Crippen molar-refractivity contribution in [2.45, 2.75) is 31.5 Å². The van der Waals surface area contributed by atoms with E-state index in [-0.39, 0.29) is 31.1 Å². The van der Waals surface area contributed by atoms with Crippen LogP contribution < -0.4 is 14.5 Å². The second-order valence-corrected chi connectivity index (χ2v) is 11.7. The lowest BCUT2D eigenvalue weighted by molar-refractivity contribution is -0.126. The van der Waals surface area contributed by atoms with Crippen LogP contribution in [-0.4, -0.2) is 84.8 Å². The summed E-state index contributed by atoms with van der Waals surface area (Å²) in [6.07, 6.45) is 1.99. The number of nitriles is 1. The number of allylic oxidation sites excluding steroid dienone is 1. The fraction of sp³-hybridized carbons (Fsp3) is 0.375. The first-order valence-corrected chi connectivity index (χ1v) is 14.9. The van der Waals surface area contributed by atoms with E-state index in [1.165, 1.54) is 4.90 Å². The Morgan fingerprint density at radius 3 is 2.75 bits per heavy atom. The standard InChI is InChI=1S/C32H33ClFN7O3/c1-20(34)31(42)41-15-14-40(16-22(41)10-12-35)30-23-11-13-39(26-9-5-7-21-6-4-8-24(33)29(21)26)17-25(23)36-32(37-30)44-28-19-43-18-27(28)38(2)3/h4-9,16,27-28H,1,10-11,13-15,17-19H2,2-3H3/t27-,28-/m1/s1. The lowest BCUT2D eigenvalue weighted by Crippen LogP contribution is -2.43. The number of carbonyl (C=O) groups is 1. The summed E-state index contributed by atoms with van der Waals surface area (Å²) in [5, 5.41) is 12.2. The maximum Gasteiger partial charge on any atom is 0.319 e. The van der Waals surface area contributed by atoms with E-state index >= 15 is 0 Å². The number of likely N-dealkylation sites (N-methyl/N-ethyl adjacent to an activating group) is 1. The van der Waals surface area contributed by atoms with Crippen LogP contribution >= 0.6 is 11.6 Å². The fourth-order valence-electron chi connectivity index (χ4n) is 6.11. The van der Waals surface area contributed by atoms with Crippen molar-refractivity contribution >= 4 is 39.8 Å². The number of anilines is 2. The zero-order chi connectivity index (χ0) is 31.0. The monoisotopic (exact) mass is 617 g/mol. The summed E-state index contributed by atoms with van der Waals surface area (Å²) in [6.45, 7) is 5.81. The Morgan fingerprint density at radius 2 is 2.00 bits per heavy atom. The van der Waals surface area contributed by atoms with Crippen molar-refractivity contribution in [3.8, 4) is 12.1 Å². The van der Waals surface area contributed by atoms with Crippen LogP contribution in [0, 0.1) is 11.3 Å². The summed E-state index contributed by atoms with van der Waals surface area (Å²) >= 11 is 6.68. The van der Waals surface area contributed by atoms with Crippen LogP contribution in [0.5, 0.6) is 6.01 Å². The predicted octanol–water partition coefficient (Wildman–Crippen LogP) is 4.44. The van der Waals surface area contributed by atoms with Gasteiger partial charge < -0.3 is 29.1 Å². The van der Waals surface area contributed by atoms with Crippen molar-refractivity contribution < 1.29 is 18.7 Å². The number of carbonyl (C=O) groups excluding carboxylic acids is 1. The summed E-state index contributed by atoms with van der Waals surface area (Å²) in [5.41, 5.74) is 3.16. The van der Waals surface area contributed by atoms with Gasteiger partial charge in [-0.05, 0) is 38.0 Å². The number of aromatic nitrogens is 2. The Kier molecular flexibility index (Phi) is 8.40. The normalized spacial score (nSPS) is 20.0. The third-order valence-corrected chi connectivity index (χ3v) is 8.66. The number of nitrogens with zero attached hydrogens (tertiary/aromatic N) is 7. The van der Waals surface area contributed by atoms with Gasteiger partial charge in [0.15, 0.2) is 5.83 Å². The maximum absolute atomic E-state index is 13.8. The highest BCUT2D eigenvalue weighted by Crippen LogP contribution is 2.37. The largest absolute Gasteiger partial charge is 0.456 e. The lowest BCUT2D eigenvalue weighted by atomic mass is 10.0. The van der Waals surface area contributed by atoms with Gasteiger partial charge in [-0.1, -0.05) is 42.4 Å². The van der Waals surface area contributed by atoms with E-state index in [0.29, 0.717) is 55.8 Å². The maximum atomic E-state index is 13.8. The van der Waals surface area contributed by atoms with Crippen LogP contribution in [0.1, 0.15) is 17.7 Å². The average Bonchev–Trinajstić information content (AvgIpc) is 3.48. The molecular formula is C32H33ClFN7O3. The Morgan fingerprint density at radius 1 is 1.20 bits per heavy atom. The van der Waals surface area contributed by atoms with Crippen LogP contribution in [0.2, 0.25) is 5.02 Å². The summed E-state index contributed by atoms with van der Waals surface area (Å²) in [5.74, 6) is -1.27. The highest BCUT2D eigenvalue weighted by Gasteiger charge is 2.35. The highest BCUT2D eigenvalue weighted by atomic mass is 35.5. The third kappa shape index (κ3) is 5.68. The van der Waals surface area contributed by atoms with Gasteiger partial charge in [0.2, 0.25) is 0 Å². The van der Waals surface area contributed by atoms with Crippen LogP contribution in [0.4, 0.5) is 15.9 Å². The molecule has 0 aliphatic carbocycles. The number of ether oxygens (including phenoxy) is 2. The molecule has 2 atom stereocenters. The van der Waals surface area contributed by atoms with Crippen LogP contribution in [0.25, 0.3) is 10.8 Å². The highest BCUT2D eigenvalue weighted by molar-refractivity contribution is 6.36. The van der Waals surface area contributed by atoms with E-state index in [2.05, 4.69) is 28.5 Å². The number of halogens is 2. The zero-order valence-electron chi connectivity index (χ0n) is 24.7. The average molecular weight is 618 g/mol. The number of fused-ring (bicyclic) bond motifs is 2. The summed E-state index contributed by atoms with van der Waals surface area (Å²) in [7, 11) is 3.97. The van der Waals surface area contributed by atoms with Crippen molar-refractivity contribution in [1.29, 1.82) is 5.26 Å². The molecule has 0 spiro atoms. The van der Waals surface area contributed by atoms with Crippen molar-refractivity contribution in [2.24, 2.45) is 0 Å². The molecule has 3 aliphatic rings. The molecule has 2 aromatic carbocycles. The van der Waals surface area contributed by atoms with E-state index in [1.807, 2.05) is 49.3 Å². The zero-order valence-corrected chi connectivity index (χ0v) is 25.4. The Hall–Kier alpha value is -4.24. The molecule has 3 aromatic rings. The number of hydrogen-bond acceptors (Lipinski definition) is 9. The molecule has 0 saturated carbocycles. The number of benzene rings is 2. The first-order valence-electron chi connectivity index (χ1n) is 14.5. The van der Waals surface area contributed by atoms with Crippen molar-refractivity contribution in [3.05, 3.63) is 77.0 Å². The molecule has 10 nitrogen and oxygen atoms in total. The minimum absolute atomic E-state index is 0.0397. The number of amides is 1. The van der Waals surface area contributed by atoms with Gasteiger partial charge in [-0.2, -0.15) is 15.2 Å². The topological polar surface area (TPSA) is 98.1 Å². The molecule has 6 rings (SSSR count). The molecule has 0 N–H and O–H groups in total. The van der Waals surface area contributed by atoms with Crippen LogP contribution in [-0.2, 0) is 22.5 Å². The van der Waals surface area contributed by atoms with Gasteiger partial charge in [-0.3, -0.25) is 4.79 Å². The van der Waals surface area contributed by atoms with Crippen molar-refractivity contribution in [2.75, 3.05) is 56.7 Å². The molecule has 1 amide bonds. The van der Waals surface area contributed by atoms with Gasteiger partial charge in [-0.25, -0.2) is 4.39 Å². The molecule has 0 unspecified atom stereocenters. The first-order chi connectivity index (χ1) is 21.2. The van der Waals surface area contributed by atoms with Crippen LogP contribution in [0.15, 0.2) is 60.7 Å². The molecule has 0 radical (unpaired) electrons. The van der Waals surface area contributed by atoms with Gasteiger partial charge in [0.05, 0.1) is 54.7 Å². The molecule has 0 bridgehead atoms. The van der Waals surface area contributed by atoms with Gasteiger partial charge in [0, 0.05) is 42.5 Å². The minimum atomic E-state index is -1.07. The number of hydrogen-bond donors (Lipinski definition) is 0. The number of rotatable bonds is 7. The van der Waals surface area contributed by atoms with E-state index < -0.39 is 11.7 Å². The van der Waals surface area contributed by atoms with E-state index in [4.69, 9.17) is 31.0 Å². The Balaban J connectivity index is 1.40. The molecular weight excluding hydrogens is 585 g/mol. The van der Waals surface area contributed by atoms with E-state index in [0.717, 1.165) is 27.7 Å². The second kappa shape index (κ2) is 12.4. The molecule has 4 heterocycles. The SMILES string of the molecule is C=C(F)C(=O)N1CCN(c2nc(O[C@@H]3COC[C@H]3N(C)C)nc3c2CCN(c2cccc4cccc(Cl)c24)C3)C=C1CC#N. The first kappa shape index (κ1) is 29.8. The Labute approximate surface area is 260 Å². The molecule has 1 aromatic heterocycles. The smallest absolute Gasteiger partial charge is 0.319 e. The lowest BCUT2D eigenvalue weighted by Gasteiger charge is -2.37. The van der Waals surface area contributed by atoms with Crippen LogP contribution in [0.3, 0.4) is 0 Å². The molecule has 228 valence electrons. The van der Waals surface area contributed by atoms with Crippen molar-refractivity contribution in [1.82, 2.24) is 19.8 Å². The quantitative estimate of drug-likeness (QED) is 0.356. The third-order valence-electron chi connectivity index (χ3n) is 8.34. The summed E-state index contributed by atoms with van der Waals surface area (Å²) < 4.78 is 25.9. The van der Waals surface area contributed by atoms with Crippen molar-refractivity contribution in [3.63, 3.8) is 0 Å². The molecule has 12 heteroatoms. The van der Waals surface area contributed by atoms with Gasteiger partial charge >= 0.3 is 6.01 Å². The van der Waals surface area contributed by atoms with Gasteiger partial charge in [0.25, 0.3) is 5.91 Å². The minimum Gasteiger partial charge on any atom is -0.456 e. The molecule has 1 fully saturated rings.